The molecular weight excluding hydrogens is 220 g/mol. The van der Waals surface area contributed by atoms with Gasteiger partial charge < -0.3 is 10.2 Å². The average Bonchev–Trinajstić information content (AvgIpc) is 2.26. The molecule has 2 N–H and O–H groups in total. The third-order valence-corrected chi connectivity index (χ3v) is 2.58. The largest absolute Gasteiger partial charge is 0.480 e. The van der Waals surface area contributed by atoms with Gasteiger partial charge in [0.2, 0.25) is 0 Å². The lowest BCUT2D eigenvalue weighted by molar-refractivity contribution is -0.151. The van der Waals surface area contributed by atoms with Gasteiger partial charge in [-0.25, -0.2) is 0 Å². The van der Waals surface area contributed by atoms with E-state index in [4.69, 9.17) is 10.2 Å². The normalized spacial score (nSPS) is 11.2. The Bertz CT molecular complexity index is 244. The molecule has 0 heterocycles. The van der Waals surface area contributed by atoms with Crippen LogP contribution in [0.15, 0.2) is 12.2 Å². The van der Waals surface area contributed by atoms with Crippen molar-refractivity contribution in [3.8, 4) is 0 Å². The van der Waals surface area contributed by atoms with Gasteiger partial charge in [-0.15, -0.1) is 0 Å². The second kappa shape index (κ2) is 9.87. The van der Waals surface area contributed by atoms with Crippen LogP contribution in [0, 0.1) is 5.92 Å². The molecule has 0 radical (unpaired) electrons. The molecule has 0 aromatic rings. The molecule has 0 atom stereocenters. The van der Waals surface area contributed by atoms with Crippen LogP contribution in [0.2, 0.25) is 0 Å². The monoisotopic (exact) mass is 242 g/mol. The first-order valence-electron chi connectivity index (χ1n) is 6.21. The second-order valence-corrected chi connectivity index (χ2v) is 4.14. The fraction of sp³-hybridized carbons (Fsp3) is 0.692. The van der Waals surface area contributed by atoms with Crippen LogP contribution in [-0.2, 0) is 9.59 Å². The number of carboxylic acids is 2. The molecule has 0 aliphatic carbocycles. The van der Waals surface area contributed by atoms with Crippen molar-refractivity contribution >= 4 is 11.9 Å². The molecule has 0 aliphatic heterocycles. The SMILES string of the molecule is CCCCCCCCC=CC(C(=O)O)C(=O)O. The minimum Gasteiger partial charge on any atom is -0.480 e. The van der Waals surface area contributed by atoms with E-state index in [9.17, 15) is 9.59 Å². The van der Waals surface area contributed by atoms with Gasteiger partial charge in [-0.3, -0.25) is 9.59 Å². The highest BCUT2D eigenvalue weighted by Gasteiger charge is 2.21. The Kier molecular flexibility index (Phi) is 9.11. The third kappa shape index (κ3) is 8.48. The van der Waals surface area contributed by atoms with E-state index >= 15 is 0 Å². The maximum Gasteiger partial charge on any atom is 0.321 e. The summed E-state index contributed by atoms with van der Waals surface area (Å²) in [6.45, 7) is 2.17. The maximum absolute atomic E-state index is 10.5. The van der Waals surface area contributed by atoms with Crippen molar-refractivity contribution in [3.63, 3.8) is 0 Å². The number of unbranched alkanes of at least 4 members (excludes halogenated alkanes) is 6. The average molecular weight is 242 g/mol. The number of hydrogen-bond donors (Lipinski definition) is 2. The second-order valence-electron chi connectivity index (χ2n) is 4.14. The van der Waals surface area contributed by atoms with Crippen LogP contribution in [0.1, 0.15) is 51.9 Å². The summed E-state index contributed by atoms with van der Waals surface area (Å²) in [4.78, 5) is 21.1. The molecule has 98 valence electrons. The third-order valence-electron chi connectivity index (χ3n) is 2.58. The molecule has 0 saturated carbocycles. The van der Waals surface area contributed by atoms with Crippen LogP contribution >= 0.6 is 0 Å². The van der Waals surface area contributed by atoms with Crippen LogP contribution in [0.4, 0.5) is 0 Å². The predicted octanol–water partition coefficient (Wildman–Crippen LogP) is 3.08. The summed E-state index contributed by atoms with van der Waals surface area (Å²) in [6, 6.07) is 0. The van der Waals surface area contributed by atoms with Crippen LogP contribution in [-0.4, -0.2) is 22.2 Å². The molecule has 0 aromatic carbocycles. The van der Waals surface area contributed by atoms with Crippen LogP contribution in [0.5, 0.6) is 0 Å². The zero-order valence-electron chi connectivity index (χ0n) is 10.4. The Morgan fingerprint density at radius 3 is 2.06 bits per heavy atom. The Hall–Kier alpha value is -1.32. The van der Waals surface area contributed by atoms with E-state index in [1.807, 2.05) is 0 Å². The van der Waals surface area contributed by atoms with E-state index in [1.54, 1.807) is 6.08 Å². The van der Waals surface area contributed by atoms with Crippen LogP contribution in [0.3, 0.4) is 0 Å². The highest BCUT2D eigenvalue weighted by Crippen LogP contribution is 2.08. The van der Waals surface area contributed by atoms with Crippen molar-refractivity contribution in [1.82, 2.24) is 0 Å². The van der Waals surface area contributed by atoms with E-state index in [2.05, 4.69) is 6.92 Å². The summed E-state index contributed by atoms with van der Waals surface area (Å²) in [6.07, 6.45) is 10.7. The molecule has 0 unspecified atom stereocenters. The predicted molar refractivity (Wildman–Crippen MR) is 65.9 cm³/mol. The van der Waals surface area contributed by atoms with Crippen molar-refractivity contribution in [3.05, 3.63) is 12.2 Å². The smallest absolute Gasteiger partial charge is 0.321 e. The quantitative estimate of drug-likeness (QED) is 0.351. The van der Waals surface area contributed by atoms with Crippen molar-refractivity contribution < 1.29 is 19.8 Å². The van der Waals surface area contributed by atoms with E-state index in [-0.39, 0.29) is 0 Å². The van der Waals surface area contributed by atoms with Crippen molar-refractivity contribution in [2.45, 2.75) is 51.9 Å². The highest BCUT2D eigenvalue weighted by atomic mass is 16.4. The summed E-state index contributed by atoms with van der Waals surface area (Å²) in [7, 11) is 0. The summed E-state index contributed by atoms with van der Waals surface area (Å²) in [5.41, 5.74) is 0. The molecule has 0 amide bonds. The van der Waals surface area contributed by atoms with E-state index in [1.165, 1.54) is 31.8 Å². The van der Waals surface area contributed by atoms with Crippen LogP contribution < -0.4 is 0 Å². The Morgan fingerprint density at radius 2 is 1.53 bits per heavy atom. The number of carboxylic acid groups (broad SMARTS) is 2. The van der Waals surface area contributed by atoms with Crippen LogP contribution in [0.25, 0.3) is 0 Å². The summed E-state index contributed by atoms with van der Waals surface area (Å²) < 4.78 is 0. The lowest BCUT2D eigenvalue weighted by atomic mass is 10.1. The Balaban J connectivity index is 3.65. The molecule has 0 spiro atoms. The zero-order valence-corrected chi connectivity index (χ0v) is 10.4. The fourth-order valence-electron chi connectivity index (χ4n) is 1.55. The molecule has 17 heavy (non-hydrogen) atoms. The fourth-order valence-corrected chi connectivity index (χ4v) is 1.55. The molecule has 0 rings (SSSR count). The topological polar surface area (TPSA) is 74.6 Å². The van der Waals surface area contributed by atoms with Crippen molar-refractivity contribution in [2.75, 3.05) is 0 Å². The van der Waals surface area contributed by atoms with Gasteiger partial charge in [-0.05, 0) is 12.8 Å². The van der Waals surface area contributed by atoms with Gasteiger partial charge in [-0.2, -0.15) is 0 Å². The summed E-state index contributed by atoms with van der Waals surface area (Å²) >= 11 is 0. The number of carbonyl (C=O) groups is 2. The Labute approximate surface area is 102 Å². The van der Waals surface area contributed by atoms with E-state index in [0.29, 0.717) is 0 Å². The van der Waals surface area contributed by atoms with Gasteiger partial charge in [0.05, 0.1) is 0 Å². The molecule has 4 heteroatoms. The number of allylic oxidation sites excluding steroid dienone is 1. The van der Waals surface area contributed by atoms with E-state index < -0.39 is 17.9 Å². The standard InChI is InChI=1S/C13H22O4/c1-2-3-4-5-6-7-8-9-10-11(12(14)15)13(16)17/h9-11H,2-8H2,1H3,(H,14,15)(H,16,17). The van der Waals surface area contributed by atoms with E-state index in [0.717, 1.165) is 19.3 Å². The molecule has 0 aliphatic rings. The summed E-state index contributed by atoms with van der Waals surface area (Å²) in [5.74, 6) is -4.02. The molecule has 0 fully saturated rings. The minimum atomic E-state index is -1.41. The van der Waals surface area contributed by atoms with Gasteiger partial charge >= 0.3 is 11.9 Å². The van der Waals surface area contributed by atoms with Gasteiger partial charge in [0.1, 0.15) is 0 Å². The molecule has 4 nitrogen and oxygen atoms in total. The Morgan fingerprint density at radius 1 is 1.00 bits per heavy atom. The highest BCUT2D eigenvalue weighted by molar-refractivity contribution is 5.94. The first kappa shape index (κ1) is 15.7. The van der Waals surface area contributed by atoms with Crippen molar-refractivity contribution in [1.29, 1.82) is 0 Å². The van der Waals surface area contributed by atoms with Gasteiger partial charge in [0.15, 0.2) is 5.92 Å². The number of hydrogen-bond acceptors (Lipinski definition) is 2. The number of rotatable bonds is 10. The van der Waals surface area contributed by atoms with Gasteiger partial charge in [-0.1, -0.05) is 51.2 Å². The molecule has 0 aromatic heterocycles. The summed E-state index contributed by atoms with van der Waals surface area (Å²) in [5, 5.41) is 17.2. The van der Waals surface area contributed by atoms with Gasteiger partial charge in [0, 0.05) is 0 Å². The minimum absolute atomic E-state index is 0.753. The zero-order chi connectivity index (χ0) is 13.1. The lowest BCUT2D eigenvalue weighted by Crippen LogP contribution is -2.20. The van der Waals surface area contributed by atoms with Gasteiger partial charge in [0.25, 0.3) is 0 Å². The first-order chi connectivity index (χ1) is 8.09. The number of aliphatic carboxylic acids is 2. The first-order valence-corrected chi connectivity index (χ1v) is 6.21. The molecule has 0 saturated heterocycles. The van der Waals surface area contributed by atoms with Crippen molar-refractivity contribution in [2.24, 2.45) is 5.92 Å². The molecule has 0 bridgehead atoms. The molecular formula is C13H22O4. The lowest BCUT2D eigenvalue weighted by Gasteiger charge is -2.00. The maximum atomic E-state index is 10.5.